The number of rotatable bonds is 5. The van der Waals surface area contributed by atoms with Gasteiger partial charge in [0.15, 0.2) is 5.78 Å². The molecule has 2 heteroatoms. The smallest absolute Gasteiger partial charge is 0.163 e. The van der Waals surface area contributed by atoms with E-state index in [1.807, 2.05) is 12.1 Å². The van der Waals surface area contributed by atoms with Crippen LogP contribution in [0.4, 0.5) is 0 Å². The average Bonchev–Trinajstić information content (AvgIpc) is 2.92. The SMILES string of the molecule is CCc1ccc(CC/C=C/c2cc3c(cc2O)CCC3=O)cc1. The first-order valence-electron chi connectivity index (χ1n) is 8.31. The number of Topliss-reactive ketones (excluding diaryl/α,β-unsaturated/α-hetero) is 1. The molecule has 0 fully saturated rings. The van der Waals surface area contributed by atoms with Gasteiger partial charge in [0.2, 0.25) is 0 Å². The highest BCUT2D eigenvalue weighted by molar-refractivity contribution is 6.01. The average molecular weight is 306 g/mol. The number of phenols is 1. The Morgan fingerprint density at radius 1 is 1.09 bits per heavy atom. The van der Waals surface area contributed by atoms with Gasteiger partial charge < -0.3 is 5.11 Å². The van der Waals surface area contributed by atoms with Crippen molar-refractivity contribution in [3.8, 4) is 5.75 Å². The zero-order valence-corrected chi connectivity index (χ0v) is 13.5. The number of carbonyl (C=O) groups excluding carboxylic acids is 1. The summed E-state index contributed by atoms with van der Waals surface area (Å²) in [6.45, 7) is 2.16. The Labute approximate surface area is 137 Å². The van der Waals surface area contributed by atoms with Crippen molar-refractivity contribution in [2.75, 3.05) is 0 Å². The Kier molecular flexibility index (Phi) is 4.61. The van der Waals surface area contributed by atoms with Crippen molar-refractivity contribution >= 4 is 11.9 Å². The molecule has 0 radical (unpaired) electrons. The van der Waals surface area contributed by atoms with E-state index >= 15 is 0 Å². The predicted molar refractivity (Wildman–Crippen MR) is 93.9 cm³/mol. The maximum absolute atomic E-state index is 11.8. The van der Waals surface area contributed by atoms with E-state index in [4.69, 9.17) is 0 Å². The van der Waals surface area contributed by atoms with Crippen LogP contribution in [0.25, 0.3) is 6.08 Å². The summed E-state index contributed by atoms with van der Waals surface area (Å²) in [5.41, 5.74) is 5.16. The number of ketones is 1. The van der Waals surface area contributed by atoms with Crippen LogP contribution in [0.2, 0.25) is 0 Å². The molecule has 0 spiro atoms. The van der Waals surface area contributed by atoms with Crippen LogP contribution in [0.5, 0.6) is 5.75 Å². The van der Waals surface area contributed by atoms with Crippen molar-refractivity contribution in [2.24, 2.45) is 0 Å². The van der Waals surface area contributed by atoms with Gasteiger partial charge in [-0.15, -0.1) is 0 Å². The molecule has 2 nitrogen and oxygen atoms in total. The van der Waals surface area contributed by atoms with Crippen molar-refractivity contribution in [3.63, 3.8) is 0 Å². The summed E-state index contributed by atoms with van der Waals surface area (Å²) in [4.78, 5) is 11.8. The molecule has 0 heterocycles. The van der Waals surface area contributed by atoms with Crippen molar-refractivity contribution in [1.82, 2.24) is 0 Å². The number of aromatic hydroxyl groups is 1. The van der Waals surface area contributed by atoms with Crippen molar-refractivity contribution in [3.05, 3.63) is 70.3 Å². The molecule has 2 aromatic rings. The Hall–Kier alpha value is -2.35. The summed E-state index contributed by atoms with van der Waals surface area (Å²) in [5, 5.41) is 10.1. The molecular formula is C21H22O2. The minimum absolute atomic E-state index is 0.186. The molecule has 23 heavy (non-hydrogen) atoms. The molecule has 0 amide bonds. The Bertz CT molecular complexity index is 739. The quantitative estimate of drug-likeness (QED) is 0.867. The Morgan fingerprint density at radius 3 is 2.57 bits per heavy atom. The van der Waals surface area contributed by atoms with Gasteiger partial charge in [-0.3, -0.25) is 4.79 Å². The van der Waals surface area contributed by atoms with Crippen LogP contribution >= 0.6 is 0 Å². The van der Waals surface area contributed by atoms with Crippen molar-refractivity contribution in [2.45, 2.75) is 39.0 Å². The summed E-state index contributed by atoms with van der Waals surface area (Å²) in [6.07, 6.45) is 8.25. The summed E-state index contributed by atoms with van der Waals surface area (Å²) in [5.74, 6) is 0.452. The van der Waals surface area contributed by atoms with Crippen LogP contribution in [0.3, 0.4) is 0 Å². The zero-order valence-electron chi connectivity index (χ0n) is 13.5. The molecule has 0 saturated heterocycles. The number of allylic oxidation sites excluding steroid dienone is 1. The first-order valence-corrected chi connectivity index (χ1v) is 8.31. The molecule has 3 rings (SSSR count). The molecule has 1 aliphatic carbocycles. The fraction of sp³-hybridized carbons (Fsp3) is 0.286. The lowest BCUT2D eigenvalue weighted by Crippen LogP contribution is -1.92. The maximum Gasteiger partial charge on any atom is 0.163 e. The lowest BCUT2D eigenvalue weighted by molar-refractivity contribution is 0.0994. The molecule has 0 bridgehead atoms. The van der Waals surface area contributed by atoms with Gasteiger partial charge in [-0.1, -0.05) is 43.3 Å². The number of hydrogen-bond donors (Lipinski definition) is 1. The summed E-state index contributed by atoms with van der Waals surface area (Å²) < 4.78 is 0. The third kappa shape index (κ3) is 3.53. The minimum Gasteiger partial charge on any atom is -0.507 e. The monoisotopic (exact) mass is 306 g/mol. The van der Waals surface area contributed by atoms with Crippen LogP contribution < -0.4 is 0 Å². The van der Waals surface area contributed by atoms with Crippen LogP contribution in [-0.4, -0.2) is 10.9 Å². The summed E-state index contributed by atoms with van der Waals surface area (Å²) in [6, 6.07) is 12.3. The number of aryl methyl sites for hydroxylation is 3. The van der Waals surface area contributed by atoms with Gasteiger partial charge in [-0.25, -0.2) is 0 Å². The van der Waals surface area contributed by atoms with E-state index in [2.05, 4.69) is 37.3 Å². The van der Waals surface area contributed by atoms with Gasteiger partial charge in [-0.2, -0.15) is 0 Å². The van der Waals surface area contributed by atoms with Crippen molar-refractivity contribution < 1.29 is 9.90 Å². The number of carbonyl (C=O) groups is 1. The van der Waals surface area contributed by atoms with E-state index in [1.54, 1.807) is 6.07 Å². The standard InChI is InChI=1S/C21H22O2/c1-2-15-7-9-16(10-8-15)5-3-4-6-18-13-19-17(14-21(18)23)11-12-20(19)22/h4,6-10,13-14,23H,2-3,5,11-12H2,1H3/b6-4+. The zero-order chi connectivity index (χ0) is 16.2. The highest BCUT2D eigenvalue weighted by Gasteiger charge is 2.20. The van der Waals surface area contributed by atoms with E-state index in [-0.39, 0.29) is 11.5 Å². The second-order valence-corrected chi connectivity index (χ2v) is 6.10. The fourth-order valence-electron chi connectivity index (χ4n) is 3.03. The second kappa shape index (κ2) is 6.82. The Morgan fingerprint density at radius 2 is 1.83 bits per heavy atom. The molecule has 0 aliphatic heterocycles. The van der Waals surface area contributed by atoms with Crippen LogP contribution in [0.1, 0.15) is 52.4 Å². The molecule has 1 N–H and O–H groups in total. The molecule has 118 valence electrons. The second-order valence-electron chi connectivity index (χ2n) is 6.10. The highest BCUT2D eigenvalue weighted by Crippen LogP contribution is 2.30. The van der Waals surface area contributed by atoms with Crippen LogP contribution in [-0.2, 0) is 19.3 Å². The first-order chi connectivity index (χ1) is 11.2. The molecule has 0 unspecified atom stereocenters. The third-order valence-electron chi connectivity index (χ3n) is 4.50. The summed E-state index contributed by atoms with van der Waals surface area (Å²) >= 11 is 0. The Balaban J connectivity index is 1.64. The number of fused-ring (bicyclic) bond motifs is 1. The minimum atomic E-state index is 0.186. The lowest BCUT2D eigenvalue weighted by atomic mass is 10.0. The molecular weight excluding hydrogens is 284 g/mol. The largest absolute Gasteiger partial charge is 0.507 e. The maximum atomic E-state index is 11.8. The van der Waals surface area contributed by atoms with Crippen molar-refractivity contribution in [1.29, 1.82) is 0 Å². The van der Waals surface area contributed by atoms with Gasteiger partial charge in [0, 0.05) is 17.5 Å². The van der Waals surface area contributed by atoms with E-state index in [0.717, 1.165) is 42.4 Å². The molecule has 2 aromatic carbocycles. The van der Waals surface area contributed by atoms with E-state index < -0.39 is 0 Å². The lowest BCUT2D eigenvalue weighted by Gasteiger charge is -2.04. The van der Waals surface area contributed by atoms with Crippen LogP contribution in [0, 0.1) is 0 Å². The first kappa shape index (κ1) is 15.5. The third-order valence-corrected chi connectivity index (χ3v) is 4.50. The van der Waals surface area contributed by atoms with E-state index in [1.165, 1.54) is 11.1 Å². The van der Waals surface area contributed by atoms with Gasteiger partial charge >= 0.3 is 0 Å². The molecule has 0 saturated carbocycles. The van der Waals surface area contributed by atoms with E-state index in [0.29, 0.717) is 6.42 Å². The number of hydrogen-bond acceptors (Lipinski definition) is 2. The number of benzene rings is 2. The van der Waals surface area contributed by atoms with Gasteiger partial charge in [-0.05, 0) is 54.5 Å². The van der Waals surface area contributed by atoms with E-state index in [9.17, 15) is 9.90 Å². The fourth-order valence-corrected chi connectivity index (χ4v) is 3.03. The van der Waals surface area contributed by atoms with Gasteiger partial charge in [0.05, 0.1) is 0 Å². The molecule has 0 aromatic heterocycles. The number of phenolic OH excluding ortho intramolecular Hbond substituents is 1. The van der Waals surface area contributed by atoms with Gasteiger partial charge in [0.25, 0.3) is 0 Å². The van der Waals surface area contributed by atoms with Crippen LogP contribution in [0.15, 0.2) is 42.5 Å². The normalized spacial score (nSPS) is 13.7. The predicted octanol–water partition coefficient (Wildman–Crippen LogP) is 4.73. The van der Waals surface area contributed by atoms with Gasteiger partial charge in [0.1, 0.15) is 5.75 Å². The molecule has 0 atom stereocenters. The highest BCUT2D eigenvalue weighted by atomic mass is 16.3. The molecule has 1 aliphatic rings. The summed E-state index contributed by atoms with van der Waals surface area (Å²) in [7, 11) is 0. The topological polar surface area (TPSA) is 37.3 Å².